The maximum absolute atomic E-state index is 13.2. The van der Waals surface area contributed by atoms with Crippen LogP contribution in [0.5, 0.6) is 0 Å². The second-order valence-corrected chi connectivity index (χ2v) is 5.45. The van der Waals surface area contributed by atoms with Gasteiger partial charge < -0.3 is 10.6 Å². The first-order valence-corrected chi connectivity index (χ1v) is 7.00. The maximum atomic E-state index is 13.2. The molecule has 2 aromatic rings. The van der Waals surface area contributed by atoms with Gasteiger partial charge in [-0.1, -0.05) is 0 Å². The highest BCUT2D eigenvalue weighted by molar-refractivity contribution is 7.11. The van der Waals surface area contributed by atoms with E-state index in [4.69, 9.17) is 0 Å². The van der Waals surface area contributed by atoms with Crippen molar-refractivity contribution in [2.75, 3.05) is 11.9 Å². The van der Waals surface area contributed by atoms with Gasteiger partial charge in [-0.2, -0.15) is 0 Å². The van der Waals surface area contributed by atoms with Crippen LogP contribution in [0.3, 0.4) is 0 Å². The summed E-state index contributed by atoms with van der Waals surface area (Å²) in [5.41, 5.74) is 0.195. The molecule has 2 aromatic heterocycles. The smallest absolute Gasteiger partial charge is 0.255 e. The van der Waals surface area contributed by atoms with Crippen LogP contribution in [0.2, 0.25) is 0 Å². The number of thiazole rings is 1. The third-order valence-corrected chi connectivity index (χ3v) is 3.43. The zero-order chi connectivity index (χ0) is 14.5. The van der Waals surface area contributed by atoms with Crippen LogP contribution in [-0.2, 0) is 6.54 Å². The molecule has 0 unspecified atom stereocenters. The van der Waals surface area contributed by atoms with Crippen molar-refractivity contribution in [3.05, 3.63) is 39.7 Å². The number of carbonyl (C=O) groups excluding carboxylic acids is 1. The Kier molecular flexibility index (Phi) is 4.62. The number of carbonyl (C=O) groups is 1. The summed E-state index contributed by atoms with van der Waals surface area (Å²) < 4.78 is 13.2. The minimum absolute atomic E-state index is 0.195. The normalized spacial score (nSPS) is 10.3. The summed E-state index contributed by atoms with van der Waals surface area (Å²) in [7, 11) is 0. The third kappa shape index (κ3) is 3.51. The molecular weight excluding hydrogens is 279 g/mol. The van der Waals surface area contributed by atoms with Crippen LogP contribution in [0.4, 0.5) is 10.2 Å². The van der Waals surface area contributed by atoms with Gasteiger partial charge in [-0.15, -0.1) is 11.3 Å². The molecule has 0 radical (unpaired) electrons. The van der Waals surface area contributed by atoms with E-state index in [9.17, 15) is 9.18 Å². The molecule has 0 fully saturated rings. The molecule has 5 nitrogen and oxygen atoms in total. The van der Waals surface area contributed by atoms with Crippen molar-refractivity contribution in [1.82, 2.24) is 15.3 Å². The number of hydrogen-bond donors (Lipinski definition) is 2. The summed E-state index contributed by atoms with van der Waals surface area (Å²) >= 11 is 1.51. The van der Waals surface area contributed by atoms with E-state index in [0.29, 0.717) is 18.9 Å². The highest BCUT2D eigenvalue weighted by Gasteiger charge is 2.14. The number of rotatable bonds is 5. The zero-order valence-corrected chi connectivity index (χ0v) is 12.1. The van der Waals surface area contributed by atoms with Gasteiger partial charge in [-0.3, -0.25) is 4.79 Å². The first-order chi connectivity index (χ1) is 9.60. The largest absolute Gasteiger partial charge is 0.370 e. The van der Waals surface area contributed by atoms with Gasteiger partial charge in [0.25, 0.3) is 5.91 Å². The number of nitrogens with zero attached hydrogens (tertiary/aromatic N) is 2. The lowest BCUT2D eigenvalue weighted by molar-refractivity contribution is 0.0951. The monoisotopic (exact) mass is 294 g/mol. The minimum Gasteiger partial charge on any atom is -0.370 e. The van der Waals surface area contributed by atoms with Gasteiger partial charge in [-0.25, -0.2) is 14.4 Å². The molecule has 0 aromatic carbocycles. The lowest BCUT2D eigenvalue weighted by atomic mass is 10.2. The highest BCUT2D eigenvalue weighted by atomic mass is 32.1. The van der Waals surface area contributed by atoms with Gasteiger partial charge in [0.2, 0.25) is 0 Å². The Labute approximate surface area is 120 Å². The second kappa shape index (κ2) is 6.42. The number of hydrogen-bond acceptors (Lipinski definition) is 5. The van der Waals surface area contributed by atoms with Gasteiger partial charge in [0.1, 0.15) is 16.6 Å². The van der Waals surface area contributed by atoms with Crippen LogP contribution < -0.4 is 10.6 Å². The summed E-state index contributed by atoms with van der Waals surface area (Å²) in [6.45, 7) is 4.75. The summed E-state index contributed by atoms with van der Waals surface area (Å²) in [4.78, 5) is 21.2. The van der Waals surface area contributed by atoms with Gasteiger partial charge in [0, 0.05) is 17.6 Å². The van der Waals surface area contributed by atoms with E-state index in [1.165, 1.54) is 17.4 Å². The summed E-state index contributed by atoms with van der Waals surface area (Å²) in [6.07, 6.45) is 2.83. The Hall–Kier alpha value is -2.02. The summed E-state index contributed by atoms with van der Waals surface area (Å²) in [5, 5.41) is 6.46. The fourth-order valence-electron chi connectivity index (χ4n) is 1.65. The highest BCUT2D eigenvalue weighted by Crippen LogP contribution is 2.15. The SMILES string of the molecule is CCNc1ncc(F)cc1C(=O)NCc1ncc(C)s1. The molecule has 0 bridgehead atoms. The standard InChI is InChI=1S/C13H15FN4OS/c1-3-15-12-10(4-9(14)6-17-12)13(19)18-7-11-16-5-8(2)20-11/h4-6H,3,7H2,1-2H3,(H,15,17)(H,18,19). The van der Waals surface area contributed by atoms with Crippen LogP contribution in [-0.4, -0.2) is 22.4 Å². The van der Waals surface area contributed by atoms with Gasteiger partial charge in [-0.05, 0) is 19.9 Å². The lowest BCUT2D eigenvalue weighted by Gasteiger charge is -2.09. The van der Waals surface area contributed by atoms with E-state index in [0.717, 1.165) is 16.1 Å². The van der Waals surface area contributed by atoms with E-state index in [2.05, 4.69) is 20.6 Å². The van der Waals surface area contributed by atoms with Crippen LogP contribution in [0.25, 0.3) is 0 Å². The molecule has 106 valence electrons. The number of amides is 1. The van der Waals surface area contributed by atoms with E-state index in [-0.39, 0.29) is 11.5 Å². The molecular formula is C13H15FN4OS. The van der Waals surface area contributed by atoms with Crippen LogP contribution in [0.15, 0.2) is 18.5 Å². The number of halogens is 1. The lowest BCUT2D eigenvalue weighted by Crippen LogP contribution is -2.24. The average molecular weight is 294 g/mol. The van der Waals surface area contributed by atoms with Crippen molar-refractivity contribution in [1.29, 1.82) is 0 Å². The molecule has 0 atom stereocenters. The molecule has 0 aliphatic rings. The molecule has 0 aliphatic carbocycles. The van der Waals surface area contributed by atoms with Gasteiger partial charge in [0.05, 0.1) is 18.3 Å². The maximum Gasteiger partial charge on any atom is 0.255 e. The quantitative estimate of drug-likeness (QED) is 0.888. The molecule has 2 rings (SSSR count). The number of pyridine rings is 1. The molecule has 2 heterocycles. The van der Waals surface area contributed by atoms with Crippen molar-refractivity contribution in [3.8, 4) is 0 Å². The fourth-order valence-corrected chi connectivity index (χ4v) is 2.38. The third-order valence-electron chi connectivity index (χ3n) is 2.51. The molecule has 0 saturated carbocycles. The Morgan fingerprint density at radius 3 is 2.85 bits per heavy atom. The van der Waals surface area contributed by atoms with E-state index in [1.807, 2.05) is 13.8 Å². The first kappa shape index (κ1) is 14.4. The molecule has 7 heteroatoms. The minimum atomic E-state index is -0.540. The summed E-state index contributed by atoms with van der Waals surface area (Å²) in [6, 6.07) is 1.17. The van der Waals surface area contributed by atoms with Crippen molar-refractivity contribution in [3.63, 3.8) is 0 Å². The fraction of sp³-hybridized carbons (Fsp3) is 0.308. The van der Waals surface area contributed by atoms with E-state index < -0.39 is 5.82 Å². The predicted molar refractivity (Wildman–Crippen MR) is 76.4 cm³/mol. The molecule has 0 spiro atoms. The number of nitrogens with one attached hydrogen (secondary N) is 2. The van der Waals surface area contributed by atoms with Crippen molar-refractivity contribution in [2.24, 2.45) is 0 Å². The van der Waals surface area contributed by atoms with Crippen molar-refractivity contribution >= 4 is 23.1 Å². The number of anilines is 1. The Bertz CT molecular complexity index is 614. The predicted octanol–water partition coefficient (Wildman–Crippen LogP) is 2.35. The molecule has 2 N–H and O–H groups in total. The van der Waals surface area contributed by atoms with E-state index >= 15 is 0 Å². The summed E-state index contributed by atoms with van der Waals surface area (Å²) in [5.74, 6) is -0.538. The first-order valence-electron chi connectivity index (χ1n) is 6.19. The molecule has 1 amide bonds. The Morgan fingerprint density at radius 1 is 1.40 bits per heavy atom. The number of aromatic nitrogens is 2. The van der Waals surface area contributed by atoms with Crippen molar-refractivity contribution < 1.29 is 9.18 Å². The van der Waals surface area contributed by atoms with Crippen LogP contribution in [0, 0.1) is 12.7 Å². The molecule has 20 heavy (non-hydrogen) atoms. The van der Waals surface area contributed by atoms with Crippen molar-refractivity contribution in [2.45, 2.75) is 20.4 Å². The Balaban J connectivity index is 2.09. The second-order valence-electron chi connectivity index (χ2n) is 4.13. The molecule has 0 saturated heterocycles. The van der Waals surface area contributed by atoms with Crippen LogP contribution >= 0.6 is 11.3 Å². The zero-order valence-electron chi connectivity index (χ0n) is 11.2. The Morgan fingerprint density at radius 2 is 2.20 bits per heavy atom. The topological polar surface area (TPSA) is 66.9 Å². The molecule has 0 aliphatic heterocycles. The van der Waals surface area contributed by atoms with Gasteiger partial charge >= 0.3 is 0 Å². The number of aryl methyl sites for hydroxylation is 1. The van der Waals surface area contributed by atoms with Crippen LogP contribution in [0.1, 0.15) is 27.2 Å². The van der Waals surface area contributed by atoms with E-state index in [1.54, 1.807) is 6.20 Å². The van der Waals surface area contributed by atoms with Gasteiger partial charge in [0.15, 0.2) is 0 Å². The average Bonchev–Trinajstić information content (AvgIpc) is 2.84.